The number of benzene rings is 2. The number of hydrogen-bond donors (Lipinski definition) is 1. The molecule has 0 radical (unpaired) electrons. The van der Waals surface area contributed by atoms with Crippen LogP contribution in [-0.4, -0.2) is 40.2 Å². The molecule has 2 heterocycles. The highest BCUT2D eigenvalue weighted by Crippen LogP contribution is 2.33. The number of anilines is 2. The molecule has 182 valence electrons. The highest BCUT2D eigenvalue weighted by atomic mass is 19.4. The molecule has 1 fully saturated rings. The second kappa shape index (κ2) is 9.15. The van der Waals surface area contributed by atoms with Crippen molar-refractivity contribution in [1.29, 1.82) is 0 Å². The molecule has 0 amide bonds. The Morgan fingerprint density at radius 3 is 2.15 bits per heavy atom. The molecule has 1 saturated heterocycles. The maximum Gasteiger partial charge on any atom is 0.416 e. The fourth-order valence-corrected chi connectivity index (χ4v) is 4.22. The largest absolute Gasteiger partial charge is 0.416 e. The van der Waals surface area contributed by atoms with E-state index >= 15 is 0 Å². The van der Waals surface area contributed by atoms with Crippen LogP contribution < -0.4 is 5.32 Å². The zero-order valence-corrected chi connectivity index (χ0v) is 20.2. The van der Waals surface area contributed by atoms with Crippen molar-refractivity contribution in [3.05, 3.63) is 59.4 Å². The van der Waals surface area contributed by atoms with Crippen molar-refractivity contribution in [3.8, 4) is 0 Å². The van der Waals surface area contributed by atoms with Gasteiger partial charge in [-0.05, 0) is 55.2 Å². The van der Waals surface area contributed by atoms with Gasteiger partial charge in [-0.2, -0.15) is 13.2 Å². The minimum Gasteiger partial charge on any atom is -0.378 e. The Morgan fingerprint density at radius 2 is 1.56 bits per heavy atom. The summed E-state index contributed by atoms with van der Waals surface area (Å²) >= 11 is 0. The van der Waals surface area contributed by atoms with Gasteiger partial charge in [0.15, 0.2) is 0 Å². The third-order valence-electron chi connectivity index (χ3n) is 6.26. The number of halogens is 3. The number of hydrogen-bond acceptors (Lipinski definition) is 5. The highest BCUT2D eigenvalue weighted by molar-refractivity contribution is 5.91. The monoisotopic (exact) mass is 472 g/mol. The normalized spacial score (nSPS) is 20.0. The quantitative estimate of drug-likeness (QED) is 0.483. The van der Waals surface area contributed by atoms with Gasteiger partial charge in [-0.1, -0.05) is 32.9 Å². The van der Waals surface area contributed by atoms with E-state index in [2.05, 4.69) is 49.8 Å². The smallest absolute Gasteiger partial charge is 0.378 e. The topological polar surface area (TPSA) is 50.3 Å². The summed E-state index contributed by atoms with van der Waals surface area (Å²) in [5, 5.41) is 3.85. The van der Waals surface area contributed by atoms with Gasteiger partial charge in [0, 0.05) is 23.2 Å². The molecule has 8 heteroatoms. The minimum absolute atomic E-state index is 0.0207. The summed E-state index contributed by atoms with van der Waals surface area (Å²) in [5.41, 5.74) is 1.57. The molecule has 2 atom stereocenters. The Morgan fingerprint density at radius 1 is 0.941 bits per heavy atom. The van der Waals surface area contributed by atoms with Crippen LogP contribution in [0.15, 0.2) is 42.5 Å². The zero-order chi connectivity index (χ0) is 24.7. The van der Waals surface area contributed by atoms with Crippen molar-refractivity contribution in [2.45, 2.75) is 64.8 Å². The van der Waals surface area contributed by atoms with Gasteiger partial charge in [0.25, 0.3) is 0 Å². The van der Waals surface area contributed by atoms with E-state index in [1.807, 2.05) is 24.3 Å². The number of alkyl halides is 3. The molecule has 4 rings (SSSR count). The average Bonchev–Trinajstić information content (AvgIpc) is 2.75. The van der Waals surface area contributed by atoms with Crippen LogP contribution in [0.1, 0.15) is 51.6 Å². The van der Waals surface area contributed by atoms with Crippen molar-refractivity contribution in [1.82, 2.24) is 14.9 Å². The summed E-state index contributed by atoms with van der Waals surface area (Å²) in [6.45, 7) is 12.2. The molecule has 1 aliphatic heterocycles. The lowest BCUT2D eigenvalue weighted by Gasteiger charge is -2.38. The van der Waals surface area contributed by atoms with Crippen LogP contribution in [0.2, 0.25) is 0 Å². The summed E-state index contributed by atoms with van der Waals surface area (Å²) < 4.78 is 45.8. The summed E-state index contributed by atoms with van der Waals surface area (Å²) in [5.74, 6) is 0.965. The zero-order valence-electron chi connectivity index (χ0n) is 20.2. The van der Waals surface area contributed by atoms with Gasteiger partial charge in [-0.25, -0.2) is 9.97 Å². The number of nitrogens with zero attached hydrogens (tertiary/aromatic N) is 3. The molecule has 1 N–H and O–H groups in total. The van der Waals surface area contributed by atoms with Crippen LogP contribution in [0, 0.1) is 0 Å². The molecule has 0 spiro atoms. The third kappa shape index (κ3) is 5.33. The molecule has 0 saturated carbocycles. The summed E-state index contributed by atoms with van der Waals surface area (Å²) in [7, 11) is 0. The first kappa shape index (κ1) is 24.4. The lowest BCUT2D eigenvalue weighted by atomic mass is 9.87. The van der Waals surface area contributed by atoms with Crippen molar-refractivity contribution >= 4 is 22.4 Å². The molecule has 3 aromatic rings. The van der Waals surface area contributed by atoms with E-state index < -0.39 is 11.7 Å². The van der Waals surface area contributed by atoms with Gasteiger partial charge < -0.3 is 10.1 Å². The van der Waals surface area contributed by atoms with Crippen molar-refractivity contribution in [3.63, 3.8) is 0 Å². The summed E-state index contributed by atoms with van der Waals surface area (Å²) in [4.78, 5) is 11.5. The first-order valence-electron chi connectivity index (χ1n) is 11.5. The maximum atomic E-state index is 13.4. The molecule has 2 aromatic carbocycles. The van der Waals surface area contributed by atoms with Crippen molar-refractivity contribution in [2.24, 2.45) is 0 Å². The number of morpholine rings is 1. The van der Waals surface area contributed by atoms with Gasteiger partial charge in [0.05, 0.1) is 30.8 Å². The van der Waals surface area contributed by atoms with Crippen LogP contribution in [0.3, 0.4) is 0 Å². The number of fused-ring (bicyclic) bond motifs is 1. The van der Waals surface area contributed by atoms with E-state index in [4.69, 9.17) is 9.72 Å². The number of nitrogens with one attached hydrogen (secondary N) is 1. The van der Waals surface area contributed by atoms with E-state index in [0.717, 1.165) is 17.8 Å². The van der Waals surface area contributed by atoms with Crippen molar-refractivity contribution < 1.29 is 17.9 Å². The van der Waals surface area contributed by atoms with Gasteiger partial charge in [-0.3, -0.25) is 4.90 Å². The molecule has 1 aliphatic rings. The Labute approximate surface area is 198 Å². The fraction of sp³-hybridized carbons (Fsp3) is 0.462. The van der Waals surface area contributed by atoms with Crippen molar-refractivity contribution in [2.75, 3.05) is 18.5 Å². The molecule has 0 bridgehead atoms. The molecular weight excluding hydrogens is 441 g/mol. The van der Waals surface area contributed by atoms with Gasteiger partial charge in [-0.15, -0.1) is 0 Å². The van der Waals surface area contributed by atoms with Gasteiger partial charge >= 0.3 is 6.18 Å². The standard InChI is InChI=1S/C26H31F3N4O/c1-16-14-34-15-17(2)33(16)13-23-31-22-12-19(26(27,28)29)8-11-21(22)24(32-23)30-20-9-6-18(7-10-20)25(3,4)5/h6-12,16-17H,13-15H2,1-5H3,(H,30,31,32). The van der Waals surface area contributed by atoms with Crippen LogP contribution in [0.4, 0.5) is 24.7 Å². The van der Waals surface area contributed by atoms with Gasteiger partial charge in [0.1, 0.15) is 11.6 Å². The fourth-order valence-electron chi connectivity index (χ4n) is 4.22. The summed E-state index contributed by atoms with van der Waals surface area (Å²) in [6, 6.07) is 11.9. The summed E-state index contributed by atoms with van der Waals surface area (Å²) in [6.07, 6.45) is -4.44. The lowest BCUT2D eigenvalue weighted by Crippen LogP contribution is -2.49. The van der Waals surface area contributed by atoms with Crippen LogP contribution in [-0.2, 0) is 22.9 Å². The third-order valence-corrected chi connectivity index (χ3v) is 6.26. The first-order valence-corrected chi connectivity index (χ1v) is 11.5. The Kier molecular flexibility index (Phi) is 6.57. The van der Waals surface area contributed by atoms with Gasteiger partial charge in [0.2, 0.25) is 0 Å². The molecule has 34 heavy (non-hydrogen) atoms. The Hall–Kier alpha value is -2.71. The molecule has 1 aromatic heterocycles. The molecule has 2 unspecified atom stereocenters. The van der Waals surface area contributed by atoms with E-state index in [1.165, 1.54) is 11.6 Å². The average molecular weight is 473 g/mol. The maximum absolute atomic E-state index is 13.4. The second-order valence-electron chi connectivity index (χ2n) is 10.1. The van der Waals surface area contributed by atoms with Crippen LogP contribution in [0.5, 0.6) is 0 Å². The Bertz CT molecular complexity index is 1150. The first-order chi connectivity index (χ1) is 15.9. The second-order valence-corrected chi connectivity index (χ2v) is 10.1. The predicted octanol–water partition coefficient (Wildman–Crippen LogP) is 6.30. The Balaban J connectivity index is 1.74. The van der Waals surface area contributed by atoms with Crippen LogP contribution in [0.25, 0.3) is 10.9 Å². The van der Waals surface area contributed by atoms with Crippen LogP contribution >= 0.6 is 0 Å². The molecular formula is C26H31F3N4O. The van der Waals surface area contributed by atoms with E-state index in [9.17, 15) is 13.2 Å². The van der Waals surface area contributed by atoms with E-state index in [0.29, 0.717) is 36.8 Å². The van der Waals surface area contributed by atoms with E-state index in [1.54, 1.807) is 0 Å². The molecule has 5 nitrogen and oxygen atoms in total. The number of aromatic nitrogens is 2. The number of ether oxygens (including phenoxy) is 1. The highest BCUT2D eigenvalue weighted by Gasteiger charge is 2.31. The van der Waals surface area contributed by atoms with E-state index in [-0.39, 0.29) is 23.0 Å². The number of rotatable bonds is 4. The SMILES string of the molecule is CC1COCC(C)N1Cc1nc(Nc2ccc(C(C)(C)C)cc2)c2ccc(C(F)(F)F)cc2n1. The lowest BCUT2D eigenvalue weighted by molar-refractivity contribution is -0.137. The minimum atomic E-state index is -4.44. The molecule has 0 aliphatic carbocycles. The predicted molar refractivity (Wildman–Crippen MR) is 128 cm³/mol.